The molecular weight excluding hydrogens is 268 g/mol. The molecule has 7 N–H and O–H groups in total. The molecule has 1 aromatic carbocycles. The summed E-state index contributed by atoms with van der Waals surface area (Å²) in [4.78, 5) is 32.8. The van der Waals surface area contributed by atoms with Gasteiger partial charge < -0.3 is 31.9 Å². The molecule has 4 amide bonds. The number of carbonyl (C=O) groups excluding carboxylic acids is 2. The minimum absolute atomic E-state index is 0.0376. The first kappa shape index (κ1) is 15.1. The normalized spacial score (nSPS) is 9.60. The highest BCUT2D eigenvalue weighted by Crippen LogP contribution is 2.21. The maximum atomic E-state index is 11.5. The average molecular weight is 282 g/mol. The molecule has 9 nitrogen and oxygen atoms in total. The number of hydrogen-bond acceptors (Lipinski definition) is 4. The highest BCUT2D eigenvalue weighted by Gasteiger charge is 2.13. The number of amides is 4. The summed E-state index contributed by atoms with van der Waals surface area (Å²) in [7, 11) is 0. The number of phenolic OH excluding ortho intramolecular Hbond substituents is 1. The molecule has 0 aliphatic carbocycles. The number of carboxylic acids is 1. The number of carbonyl (C=O) groups is 3. The van der Waals surface area contributed by atoms with E-state index in [-0.39, 0.29) is 30.1 Å². The number of hydrogen-bond donors (Lipinski definition) is 6. The summed E-state index contributed by atoms with van der Waals surface area (Å²) in [6, 6.07) is 2.17. The van der Waals surface area contributed by atoms with Crippen LogP contribution in [0.15, 0.2) is 18.2 Å². The zero-order valence-corrected chi connectivity index (χ0v) is 10.3. The minimum Gasteiger partial charge on any atom is -0.508 e. The molecule has 20 heavy (non-hydrogen) atoms. The van der Waals surface area contributed by atoms with Gasteiger partial charge in [-0.1, -0.05) is 0 Å². The Hall–Kier alpha value is -2.97. The fraction of sp³-hybridized carbons (Fsp3) is 0.182. The maximum Gasteiger partial charge on any atom is 0.337 e. The molecule has 108 valence electrons. The third kappa shape index (κ3) is 4.72. The van der Waals surface area contributed by atoms with Crippen molar-refractivity contribution >= 4 is 23.7 Å². The van der Waals surface area contributed by atoms with Crippen LogP contribution in [-0.2, 0) is 0 Å². The zero-order valence-electron chi connectivity index (χ0n) is 10.3. The Morgan fingerprint density at radius 1 is 1.15 bits per heavy atom. The van der Waals surface area contributed by atoms with Gasteiger partial charge in [0.2, 0.25) is 0 Å². The summed E-state index contributed by atoms with van der Waals surface area (Å²) in [6.07, 6.45) is 0. The van der Waals surface area contributed by atoms with Crippen LogP contribution in [0.2, 0.25) is 0 Å². The van der Waals surface area contributed by atoms with Gasteiger partial charge in [0.15, 0.2) is 0 Å². The highest BCUT2D eigenvalue weighted by atomic mass is 16.4. The molecule has 1 rings (SSSR count). The van der Waals surface area contributed by atoms with Crippen molar-refractivity contribution in [3.05, 3.63) is 23.8 Å². The first-order chi connectivity index (χ1) is 9.40. The molecule has 0 bridgehead atoms. The number of nitrogens with two attached hydrogens (primary N) is 1. The summed E-state index contributed by atoms with van der Waals surface area (Å²) in [5, 5.41) is 25.1. The van der Waals surface area contributed by atoms with E-state index < -0.39 is 18.0 Å². The minimum atomic E-state index is -1.29. The van der Waals surface area contributed by atoms with Gasteiger partial charge >= 0.3 is 18.0 Å². The summed E-state index contributed by atoms with van der Waals surface area (Å²) in [6.45, 7) is 0.263. The van der Waals surface area contributed by atoms with Crippen LogP contribution in [0.5, 0.6) is 5.75 Å². The van der Waals surface area contributed by atoms with Crippen LogP contribution in [-0.4, -0.2) is 41.3 Å². The molecular formula is C11H14N4O5. The van der Waals surface area contributed by atoms with Gasteiger partial charge in [0.25, 0.3) is 0 Å². The number of anilines is 1. The molecule has 0 fully saturated rings. The molecule has 0 heterocycles. The number of urea groups is 2. The zero-order chi connectivity index (χ0) is 15.1. The van der Waals surface area contributed by atoms with Crippen molar-refractivity contribution in [2.24, 2.45) is 5.73 Å². The lowest BCUT2D eigenvalue weighted by Gasteiger charge is -2.10. The van der Waals surface area contributed by atoms with E-state index in [0.29, 0.717) is 0 Å². The lowest BCUT2D eigenvalue weighted by atomic mass is 10.1. The monoisotopic (exact) mass is 282 g/mol. The van der Waals surface area contributed by atoms with E-state index >= 15 is 0 Å². The fourth-order valence-electron chi connectivity index (χ4n) is 1.35. The largest absolute Gasteiger partial charge is 0.508 e. The third-order valence-corrected chi connectivity index (χ3v) is 2.19. The van der Waals surface area contributed by atoms with Gasteiger partial charge in [0.05, 0.1) is 11.3 Å². The number of phenols is 1. The molecule has 0 saturated carbocycles. The second-order valence-electron chi connectivity index (χ2n) is 3.71. The molecule has 0 saturated heterocycles. The van der Waals surface area contributed by atoms with Gasteiger partial charge in [-0.15, -0.1) is 0 Å². The van der Waals surface area contributed by atoms with Crippen molar-refractivity contribution in [3.8, 4) is 5.75 Å². The van der Waals surface area contributed by atoms with Gasteiger partial charge in [0.1, 0.15) is 5.75 Å². The molecule has 0 aromatic heterocycles. The second-order valence-corrected chi connectivity index (χ2v) is 3.71. The summed E-state index contributed by atoms with van der Waals surface area (Å²) < 4.78 is 0. The summed E-state index contributed by atoms with van der Waals surface area (Å²) >= 11 is 0. The van der Waals surface area contributed by atoms with E-state index in [4.69, 9.17) is 10.8 Å². The van der Waals surface area contributed by atoms with Gasteiger partial charge in [-0.3, -0.25) is 0 Å². The molecule has 1 aromatic rings. The first-order valence-electron chi connectivity index (χ1n) is 5.54. The fourth-order valence-corrected chi connectivity index (χ4v) is 1.35. The number of benzene rings is 1. The predicted octanol–water partition coefficient (Wildman–Crippen LogP) is -0.120. The molecule has 9 heteroatoms. The number of aromatic hydroxyl groups is 1. The van der Waals surface area contributed by atoms with Crippen molar-refractivity contribution in [2.75, 3.05) is 18.4 Å². The standard InChI is InChI=1S/C11H14N4O5/c12-10(19)13-3-4-14-11(20)15-8-2-1-6(16)5-7(8)9(17)18/h1-2,5,16H,3-4H2,(H,17,18)(H3,12,13,19)(H2,14,15,20). The van der Waals surface area contributed by atoms with E-state index in [2.05, 4.69) is 16.0 Å². The number of carboxylic acid groups (broad SMARTS) is 1. The molecule has 0 aliphatic rings. The molecule has 0 aliphatic heterocycles. The number of primary amides is 1. The van der Waals surface area contributed by atoms with Gasteiger partial charge in [-0.2, -0.15) is 0 Å². The van der Waals surface area contributed by atoms with Crippen LogP contribution >= 0.6 is 0 Å². The summed E-state index contributed by atoms with van der Waals surface area (Å²) in [5.41, 5.74) is 4.63. The van der Waals surface area contributed by atoms with Crippen molar-refractivity contribution < 1.29 is 24.6 Å². The lowest BCUT2D eigenvalue weighted by Crippen LogP contribution is -2.38. The van der Waals surface area contributed by atoms with Crippen LogP contribution in [0.25, 0.3) is 0 Å². The first-order valence-corrected chi connectivity index (χ1v) is 5.54. The smallest absolute Gasteiger partial charge is 0.337 e. The number of aromatic carboxylic acids is 1. The molecule has 0 radical (unpaired) electrons. The number of nitrogens with one attached hydrogen (secondary N) is 3. The van der Waals surface area contributed by atoms with Crippen molar-refractivity contribution in [1.82, 2.24) is 10.6 Å². The van der Waals surface area contributed by atoms with E-state index in [1.807, 2.05) is 0 Å². The Balaban J connectivity index is 2.57. The third-order valence-electron chi connectivity index (χ3n) is 2.19. The van der Waals surface area contributed by atoms with E-state index in [1.165, 1.54) is 12.1 Å². The highest BCUT2D eigenvalue weighted by molar-refractivity contribution is 6.00. The SMILES string of the molecule is NC(=O)NCCNC(=O)Nc1ccc(O)cc1C(=O)O. The summed E-state index contributed by atoms with van der Waals surface area (Å²) in [5.74, 6) is -1.51. The van der Waals surface area contributed by atoms with Crippen LogP contribution in [0.3, 0.4) is 0 Å². The van der Waals surface area contributed by atoms with Crippen molar-refractivity contribution in [2.45, 2.75) is 0 Å². The van der Waals surface area contributed by atoms with E-state index in [1.54, 1.807) is 0 Å². The Bertz CT molecular complexity index is 532. The van der Waals surface area contributed by atoms with Gasteiger partial charge in [0, 0.05) is 13.1 Å². The number of rotatable bonds is 5. The van der Waals surface area contributed by atoms with Crippen LogP contribution < -0.4 is 21.7 Å². The van der Waals surface area contributed by atoms with E-state index in [9.17, 15) is 19.5 Å². The Morgan fingerprint density at radius 3 is 2.40 bits per heavy atom. The molecule has 0 spiro atoms. The van der Waals surface area contributed by atoms with E-state index in [0.717, 1.165) is 6.07 Å². The second kappa shape index (κ2) is 6.83. The topological polar surface area (TPSA) is 154 Å². The van der Waals surface area contributed by atoms with Crippen LogP contribution in [0, 0.1) is 0 Å². The van der Waals surface area contributed by atoms with Gasteiger partial charge in [-0.25, -0.2) is 14.4 Å². The maximum absolute atomic E-state index is 11.5. The van der Waals surface area contributed by atoms with Gasteiger partial charge in [-0.05, 0) is 18.2 Å². The Labute approximate surface area is 113 Å². The lowest BCUT2D eigenvalue weighted by molar-refractivity contribution is 0.0697. The molecule has 0 atom stereocenters. The Morgan fingerprint density at radius 2 is 1.80 bits per heavy atom. The predicted molar refractivity (Wildman–Crippen MR) is 69.7 cm³/mol. The van der Waals surface area contributed by atoms with Crippen LogP contribution in [0.1, 0.15) is 10.4 Å². The quantitative estimate of drug-likeness (QED) is 0.328. The van der Waals surface area contributed by atoms with Crippen LogP contribution in [0.4, 0.5) is 15.3 Å². The Kier molecular flexibility index (Phi) is 5.15. The molecule has 0 unspecified atom stereocenters. The van der Waals surface area contributed by atoms with Crippen molar-refractivity contribution in [1.29, 1.82) is 0 Å². The average Bonchev–Trinajstić information content (AvgIpc) is 2.36. The van der Waals surface area contributed by atoms with Crippen molar-refractivity contribution in [3.63, 3.8) is 0 Å².